The molecule has 1 N–H and O–H groups in total. The summed E-state index contributed by atoms with van der Waals surface area (Å²) < 4.78 is 0. The maximum atomic E-state index is 4.32. The highest BCUT2D eigenvalue weighted by Gasteiger charge is 2.00. The van der Waals surface area contributed by atoms with Crippen molar-refractivity contribution in [2.45, 2.75) is 0 Å². The molecule has 0 aliphatic carbocycles. The molecule has 2 aromatic heterocycles. The van der Waals surface area contributed by atoms with Crippen LogP contribution in [-0.2, 0) is 0 Å². The first-order valence-corrected chi connectivity index (χ1v) is 5.17. The number of aromatic nitrogens is 4. The summed E-state index contributed by atoms with van der Waals surface area (Å²) in [6.07, 6.45) is 4.82. The Morgan fingerprint density at radius 3 is 2.65 bits per heavy atom. The van der Waals surface area contributed by atoms with Gasteiger partial charge in [-0.05, 0) is 12.1 Å². The van der Waals surface area contributed by atoms with Crippen molar-refractivity contribution in [3.05, 3.63) is 49.1 Å². The summed E-state index contributed by atoms with van der Waals surface area (Å²) in [5, 5.41) is 3.12. The lowest BCUT2D eigenvalue weighted by Gasteiger charge is -2.04. The lowest BCUT2D eigenvalue weighted by atomic mass is 10.3. The number of hydrogen-bond acceptors (Lipinski definition) is 5. The summed E-state index contributed by atoms with van der Waals surface area (Å²) >= 11 is 0. The first-order valence-electron chi connectivity index (χ1n) is 5.17. The zero-order chi connectivity index (χ0) is 11.5. The number of nitrogens with zero attached hydrogens (tertiary/aromatic N) is 4. The van der Waals surface area contributed by atoms with Gasteiger partial charge in [0.2, 0.25) is 5.95 Å². The number of fused-ring (bicyclic) bond motifs is 1. The van der Waals surface area contributed by atoms with E-state index in [1.54, 1.807) is 12.4 Å². The number of anilines is 2. The monoisotopic (exact) mass is 223 g/mol. The normalized spacial score (nSPS) is 10.4. The first kappa shape index (κ1) is 9.65. The first-order chi connectivity index (χ1) is 8.42. The molecule has 2 heterocycles. The Morgan fingerprint density at radius 2 is 1.76 bits per heavy atom. The molecule has 0 atom stereocenters. The minimum absolute atomic E-state index is 0.540. The van der Waals surface area contributed by atoms with Gasteiger partial charge < -0.3 is 5.32 Å². The van der Waals surface area contributed by atoms with E-state index in [1.807, 2.05) is 30.3 Å². The van der Waals surface area contributed by atoms with E-state index in [9.17, 15) is 0 Å². The van der Waals surface area contributed by atoms with Crippen LogP contribution in [0.25, 0.3) is 11.0 Å². The van der Waals surface area contributed by atoms with Gasteiger partial charge in [0.1, 0.15) is 17.4 Å². The predicted molar refractivity (Wildman–Crippen MR) is 64.9 cm³/mol. The van der Waals surface area contributed by atoms with Crippen LogP contribution in [0.4, 0.5) is 11.6 Å². The molecule has 0 bridgehead atoms. The van der Waals surface area contributed by atoms with Crippen LogP contribution in [0.1, 0.15) is 0 Å². The summed E-state index contributed by atoms with van der Waals surface area (Å²) in [6.45, 7) is 0. The van der Waals surface area contributed by atoms with Gasteiger partial charge in [0, 0.05) is 5.69 Å². The fraction of sp³-hybridized carbons (Fsp3) is 0. The number of rotatable bonds is 2. The van der Waals surface area contributed by atoms with Crippen molar-refractivity contribution in [1.29, 1.82) is 0 Å². The molecule has 0 unspecified atom stereocenters. The number of hydrogen-bond donors (Lipinski definition) is 1. The van der Waals surface area contributed by atoms with E-state index < -0.39 is 0 Å². The molecule has 0 saturated heterocycles. The lowest BCUT2D eigenvalue weighted by Crippen LogP contribution is -1.97. The van der Waals surface area contributed by atoms with Gasteiger partial charge in [0.05, 0.1) is 12.4 Å². The standard InChI is InChI=1S/C12H9N5/c1-2-4-9(5-3-1)16-12-14-7-10-11(17-12)6-13-8-15-10/h1-8H,(H,14,16,17). The van der Waals surface area contributed by atoms with Gasteiger partial charge >= 0.3 is 0 Å². The summed E-state index contributed by atoms with van der Waals surface area (Å²) in [7, 11) is 0. The van der Waals surface area contributed by atoms with E-state index >= 15 is 0 Å². The van der Waals surface area contributed by atoms with Crippen molar-refractivity contribution in [1.82, 2.24) is 19.9 Å². The molecule has 5 heteroatoms. The van der Waals surface area contributed by atoms with Crippen LogP contribution in [0, 0.1) is 0 Å². The van der Waals surface area contributed by atoms with Gasteiger partial charge in [-0.2, -0.15) is 0 Å². The van der Waals surface area contributed by atoms with Crippen LogP contribution in [0.2, 0.25) is 0 Å². The van der Waals surface area contributed by atoms with Gasteiger partial charge in [-0.3, -0.25) is 0 Å². The van der Waals surface area contributed by atoms with Crippen molar-refractivity contribution in [2.24, 2.45) is 0 Å². The highest BCUT2D eigenvalue weighted by Crippen LogP contribution is 2.13. The lowest BCUT2D eigenvalue weighted by molar-refractivity contribution is 1.15. The van der Waals surface area contributed by atoms with Crippen LogP contribution in [0.15, 0.2) is 49.1 Å². The van der Waals surface area contributed by atoms with E-state index in [0.717, 1.165) is 16.7 Å². The van der Waals surface area contributed by atoms with Gasteiger partial charge in [0.15, 0.2) is 0 Å². The maximum Gasteiger partial charge on any atom is 0.227 e. The highest BCUT2D eigenvalue weighted by molar-refractivity contribution is 5.73. The molecular weight excluding hydrogens is 214 g/mol. The molecule has 3 aromatic rings. The SMILES string of the molecule is c1ccc(Nc2ncc3ncncc3n2)cc1. The van der Waals surface area contributed by atoms with E-state index in [0.29, 0.717) is 5.95 Å². The molecule has 0 radical (unpaired) electrons. The van der Waals surface area contributed by atoms with Gasteiger partial charge in [-0.25, -0.2) is 19.9 Å². The topological polar surface area (TPSA) is 63.6 Å². The Morgan fingerprint density at radius 1 is 0.882 bits per heavy atom. The van der Waals surface area contributed by atoms with Crippen molar-refractivity contribution in [3.8, 4) is 0 Å². The molecule has 3 rings (SSSR count). The second-order valence-corrected chi connectivity index (χ2v) is 3.48. The molecule has 0 saturated carbocycles. The minimum Gasteiger partial charge on any atom is -0.324 e. The zero-order valence-electron chi connectivity index (χ0n) is 8.91. The van der Waals surface area contributed by atoms with Crippen molar-refractivity contribution >= 4 is 22.7 Å². The van der Waals surface area contributed by atoms with Crippen LogP contribution in [0.5, 0.6) is 0 Å². The van der Waals surface area contributed by atoms with Crippen LogP contribution in [0.3, 0.4) is 0 Å². The Kier molecular flexibility index (Phi) is 2.34. The number of nitrogens with one attached hydrogen (secondary N) is 1. The van der Waals surface area contributed by atoms with Crippen molar-refractivity contribution < 1.29 is 0 Å². The average molecular weight is 223 g/mol. The van der Waals surface area contributed by atoms with Crippen LogP contribution >= 0.6 is 0 Å². The molecule has 0 fully saturated rings. The molecule has 1 aromatic carbocycles. The van der Waals surface area contributed by atoms with Gasteiger partial charge in [-0.15, -0.1) is 0 Å². The average Bonchev–Trinajstić information content (AvgIpc) is 2.40. The Bertz CT molecular complexity index is 638. The quantitative estimate of drug-likeness (QED) is 0.721. The second kappa shape index (κ2) is 4.13. The largest absolute Gasteiger partial charge is 0.324 e. The Balaban J connectivity index is 1.96. The van der Waals surface area contributed by atoms with E-state index in [1.165, 1.54) is 6.33 Å². The van der Waals surface area contributed by atoms with E-state index in [-0.39, 0.29) is 0 Å². The van der Waals surface area contributed by atoms with Gasteiger partial charge in [-0.1, -0.05) is 18.2 Å². The smallest absolute Gasteiger partial charge is 0.227 e. The summed E-state index contributed by atoms with van der Waals surface area (Å²) in [5.74, 6) is 0.540. The fourth-order valence-electron chi connectivity index (χ4n) is 1.49. The molecular formula is C12H9N5. The maximum absolute atomic E-state index is 4.32. The summed E-state index contributed by atoms with van der Waals surface area (Å²) in [4.78, 5) is 16.5. The predicted octanol–water partition coefficient (Wildman–Crippen LogP) is 2.16. The molecule has 5 nitrogen and oxygen atoms in total. The Hall–Kier alpha value is -2.56. The van der Waals surface area contributed by atoms with Gasteiger partial charge in [0.25, 0.3) is 0 Å². The van der Waals surface area contributed by atoms with Crippen LogP contribution < -0.4 is 5.32 Å². The molecule has 0 amide bonds. The number of para-hydroxylation sites is 1. The molecule has 0 spiro atoms. The fourth-order valence-corrected chi connectivity index (χ4v) is 1.49. The minimum atomic E-state index is 0.540. The third kappa shape index (κ3) is 2.03. The highest BCUT2D eigenvalue weighted by atomic mass is 15.1. The molecule has 82 valence electrons. The van der Waals surface area contributed by atoms with E-state index in [4.69, 9.17) is 0 Å². The number of benzene rings is 1. The Labute approximate surface area is 97.6 Å². The summed E-state index contributed by atoms with van der Waals surface area (Å²) in [6, 6.07) is 9.77. The summed E-state index contributed by atoms with van der Waals surface area (Å²) in [5.41, 5.74) is 2.41. The van der Waals surface area contributed by atoms with Crippen molar-refractivity contribution in [2.75, 3.05) is 5.32 Å². The van der Waals surface area contributed by atoms with Crippen LogP contribution in [-0.4, -0.2) is 19.9 Å². The second-order valence-electron chi connectivity index (χ2n) is 3.48. The molecule has 17 heavy (non-hydrogen) atoms. The van der Waals surface area contributed by atoms with Crippen molar-refractivity contribution in [3.63, 3.8) is 0 Å². The zero-order valence-corrected chi connectivity index (χ0v) is 8.91. The van der Waals surface area contributed by atoms with E-state index in [2.05, 4.69) is 25.3 Å². The third-order valence-corrected chi connectivity index (χ3v) is 2.29. The third-order valence-electron chi connectivity index (χ3n) is 2.29. The molecule has 0 aliphatic heterocycles. The molecule has 0 aliphatic rings.